The number of benzene rings is 1. The topological polar surface area (TPSA) is 71.1 Å². The van der Waals surface area contributed by atoms with Gasteiger partial charge in [-0.2, -0.15) is 0 Å². The summed E-state index contributed by atoms with van der Waals surface area (Å²) in [6, 6.07) is 8.33. The van der Waals surface area contributed by atoms with Crippen molar-refractivity contribution in [1.82, 2.24) is 10.3 Å². The number of carbonyl (C=O) groups excluding carboxylic acids is 2. The van der Waals surface area contributed by atoms with Crippen molar-refractivity contribution in [2.45, 2.75) is 39.5 Å². The first-order valence-electron chi connectivity index (χ1n) is 8.88. The van der Waals surface area contributed by atoms with Gasteiger partial charge < -0.3 is 10.6 Å². The van der Waals surface area contributed by atoms with E-state index in [2.05, 4.69) is 60.7 Å². The zero-order valence-corrected chi connectivity index (χ0v) is 16.4. The van der Waals surface area contributed by atoms with Crippen LogP contribution in [0.3, 0.4) is 0 Å². The molecule has 1 aromatic carbocycles. The van der Waals surface area contributed by atoms with Gasteiger partial charge in [0.1, 0.15) is 0 Å². The largest absolute Gasteiger partial charge is 0.347 e. The van der Waals surface area contributed by atoms with Crippen LogP contribution in [0.5, 0.6) is 0 Å². The molecule has 0 bridgehead atoms. The summed E-state index contributed by atoms with van der Waals surface area (Å²) in [7, 11) is 0. The van der Waals surface area contributed by atoms with Crippen LogP contribution in [0.4, 0.5) is 5.13 Å². The molecule has 0 radical (unpaired) electrons. The van der Waals surface area contributed by atoms with Crippen molar-refractivity contribution in [3.05, 3.63) is 35.2 Å². The van der Waals surface area contributed by atoms with E-state index in [1.54, 1.807) is 0 Å². The Morgan fingerprint density at radius 3 is 2.46 bits per heavy atom. The first-order valence-corrected chi connectivity index (χ1v) is 9.76. The van der Waals surface area contributed by atoms with E-state index in [0.717, 1.165) is 17.7 Å². The average molecular weight is 372 g/mol. The van der Waals surface area contributed by atoms with Crippen molar-refractivity contribution in [3.63, 3.8) is 0 Å². The quantitative estimate of drug-likeness (QED) is 0.839. The SMILES string of the molecule is C[C@H]1C[C@H]1C(=O)NCC(=O)Nc1nc(-c2ccc(C(C)(C)C)cc2)cs1. The van der Waals surface area contributed by atoms with Gasteiger partial charge in [0.15, 0.2) is 5.13 Å². The third kappa shape index (κ3) is 4.49. The molecule has 6 heteroatoms. The molecule has 26 heavy (non-hydrogen) atoms. The Morgan fingerprint density at radius 1 is 1.23 bits per heavy atom. The fourth-order valence-corrected chi connectivity index (χ4v) is 3.49. The maximum atomic E-state index is 12.0. The minimum absolute atomic E-state index is 0.0166. The molecular formula is C20H25N3O2S. The van der Waals surface area contributed by atoms with Gasteiger partial charge >= 0.3 is 0 Å². The molecule has 1 aliphatic carbocycles. The standard InChI is InChI=1S/C20H25N3O2S/c1-12-9-15(12)18(25)21-10-17(24)23-19-22-16(11-26-19)13-5-7-14(8-6-13)20(2,3)4/h5-8,11-12,15H,9-10H2,1-4H3,(H,21,25)(H,22,23,24)/t12-,15+/m0/s1. The lowest BCUT2D eigenvalue weighted by molar-refractivity contribution is -0.125. The number of rotatable bonds is 5. The number of anilines is 1. The highest BCUT2D eigenvalue weighted by molar-refractivity contribution is 7.14. The van der Waals surface area contributed by atoms with Crippen LogP contribution in [0.25, 0.3) is 11.3 Å². The summed E-state index contributed by atoms with van der Waals surface area (Å²) >= 11 is 1.38. The predicted octanol–water partition coefficient (Wildman–Crippen LogP) is 3.82. The van der Waals surface area contributed by atoms with Crippen LogP contribution in [-0.2, 0) is 15.0 Å². The predicted molar refractivity (Wildman–Crippen MR) is 105 cm³/mol. The molecule has 2 N–H and O–H groups in total. The summed E-state index contributed by atoms with van der Waals surface area (Å²) in [4.78, 5) is 28.2. The number of hydrogen-bond acceptors (Lipinski definition) is 4. The van der Waals surface area contributed by atoms with Gasteiger partial charge in [-0.25, -0.2) is 4.98 Å². The highest BCUT2D eigenvalue weighted by Crippen LogP contribution is 2.37. The van der Waals surface area contributed by atoms with E-state index in [4.69, 9.17) is 0 Å². The lowest BCUT2D eigenvalue weighted by Gasteiger charge is -2.18. The van der Waals surface area contributed by atoms with Gasteiger partial charge in [-0.3, -0.25) is 9.59 Å². The van der Waals surface area contributed by atoms with Gasteiger partial charge in [0, 0.05) is 16.9 Å². The molecule has 0 aliphatic heterocycles. The maximum absolute atomic E-state index is 12.0. The molecule has 2 aromatic rings. The van der Waals surface area contributed by atoms with Crippen LogP contribution in [-0.4, -0.2) is 23.3 Å². The number of thiazole rings is 1. The molecule has 0 spiro atoms. The molecule has 3 rings (SSSR count). The zero-order chi connectivity index (χ0) is 18.9. The maximum Gasteiger partial charge on any atom is 0.245 e. The lowest BCUT2D eigenvalue weighted by Crippen LogP contribution is -2.34. The summed E-state index contributed by atoms with van der Waals surface area (Å²) in [6.45, 7) is 8.57. The second kappa shape index (κ2) is 7.19. The second-order valence-electron chi connectivity index (χ2n) is 7.95. The van der Waals surface area contributed by atoms with E-state index < -0.39 is 0 Å². The molecule has 1 saturated carbocycles. The zero-order valence-electron chi connectivity index (χ0n) is 15.6. The van der Waals surface area contributed by atoms with Crippen molar-refractivity contribution in [3.8, 4) is 11.3 Å². The monoisotopic (exact) mass is 371 g/mol. The lowest BCUT2D eigenvalue weighted by atomic mass is 9.86. The Balaban J connectivity index is 1.55. The van der Waals surface area contributed by atoms with Gasteiger partial charge in [0.25, 0.3) is 0 Å². The summed E-state index contributed by atoms with van der Waals surface area (Å²) in [5.41, 5.74) is 3.24. The Kier molecular flexibility index (Phi) is 5.14. The van der Waals surface area contributed by atoms with E-state index in [1.807, 2.05) is 12.3 Å². The number of aromatic nitrogens is 1. The fourth-order valence-electron chi connectivity index (χ4n) is 2.75. The normalized spacial score (nSPS) is 19.1. The Hall–Kier alpha value is -2.21. The summed E-state index contributed by atoms with van der Waals surface area (Å²) in [5.74, 6) is 0.219. The molecule has 1 fully saturated rings. The molecule has 1 heterocycles. The molecule has 5 nitrogen and oxygen atoms in total. The average Bonchev–Trinajstić information content (AvgIpc) is 3.14. The van der Waals surface area contributed by atoms with Crippen LogP contribution in [0, 0.1) is 11.8 Å². The van der Waals surface area contributed by atoms with Crippen molar-refractivity contribution >= 4 is 28.3 Å². The molecule has 2 amide bonds. The van der Waals surface area contributed by atoms with Crippen LogP contribution in [0.1, 0.15) is 39.7 Å². The Bertz CT molecular complexity index is 805. The molecule has 0 saturated heterocycles. The molecule has 1 aromatic heterocycles. The fraction of sp³-hybridized carbons (Fsp3) is 0.450. The van der Waals surface area contributed by atoms with Crippen molar-refractivity contribution in [2.75, 3.05) is 11.9 Å². The van der Waals surface area contributed by atoms with E-state index in [-0.39, 0.29) is 29.7 Å². The van der Waals surface area contributed by atoms with Gasteiger partial charge in [-0.05, 0) is 23.3 Å². The third-order valence-electron chi connectivity index (χ3n) is 4.67. The minimum Gasteiger partial charge on any atom is -0.347 e. The number of amides is 2. The van der Waals surface area contributed by atoms with Gasteiger partial charge in [0.05, 0.1) is 12.2 Å². The number of carbonyl (C=O) groups is 2. The smallest absolute Gasteiger partial charge is 0.245 e. The van der Waals surface area contributed by atoms with E-state index >= 15 is 0 Å². The molecule has 1 aliphatic rings. The molecule has 138 valence electrons. The van der Waals surface area contributed by atoms with Crippen molar-refractivity contribution in [1.29, 1.82) is 0 Å². The van der Waals surface area contributed by atoms with Gasteiger partial charge in [0.2, 0.25) is 11.8 Å². The van der Waals surface area contributed by atoms with Crippen LogP contribution >= 0.6 is 11.3 Å². The molecular weight excluding hydrogens is 346 g/mol. The second-order valence-corrected chi connectivity index (χ2v) is 8.81. The number of nitrogens with one attached hydrogen (secondary N) is 2. The molecule has 0 unspecified atom stereocenters. The van der Waals surface area contributed by atoms with E-state index in [1.165, 1.54) is 16.9 Å². The van der Waals surface area contributed by atoms with E-state index in [9.17, 15) is 9.59 Å². The first kappa shape index (κ1) is 18.6. The number of hydrogen-bond donors (Lipinski definition) is 2. The Morgan fingerprint density at radius 2 is 1.88 bits per heavy atom. The van der Waals surface area contributed by atoms with Gasteiger partial charge in [-0.1, -0.05) is 52.0 Å². The van der Waals surface area contributed by atoms with Gasteiger partial charge in [-0.15, -0.1) is 11.3 Å². The Labute approximate surface area is 158 Å². The van der Waals surface area contributed by atoms with E-state index in [0.29, 0.717) is 11.0 Å². The van der Waals surface area contributed by atoms with Crippen LogP contribution < -0.4 is 10.6 Å². The highest BCUT2D eigenvalue weighted by atomic mass is 32.1. The minimum atomic E-state index is -0.254. The summed E-state index contributed by atoms with van der Waals surface area (Å²) < 4.78 is 0. The van der Waals surface area contributed by atoms with Crippen LogP contribution in [0.2, 0.25) is 0 Å². The third-order valence-corrected chi connectivity index (χ3v) is 5.42. The van der Waals surface area contributed by atoms with Crippen molar-refractivity contribution < 1.29 is 9.59 Å². The highest BCUT2D eigenvalue weighted by Gasteiger charge is 2.38. The summed E-state index contributed by atoms with van der Waals surface area (Å²) in [6.07, 6.45) is 0.914. The summed E-state index contributed by atoms with van der Waals surface area (Å²) in [5, 5.41) is 7.89. The van der Waals surface area contributed by atoms with Crippen LogP contribution in [0.15, 0.2) is 29.6 Å². The molecule has 2 atom stereocenters. The number of nitrogens with zero attached hydrogens (tertiary/aromatic N) is 1. The first-order chi connectivity index (χ1) is 12.2. The van der Waals surface area contributed by atoms with Crippen molar-refractivity contribution in [2.24, 2.45) is 11.8 Å².